The van der Waals surface area contributed by atoms with Gasteiger partial charge in [-0.3, -0.25) is 4.79 Å². The summed E-state index contributed by atoms with van der Waals surface area (Å²) in [5, 5.41) is 0. The van der Waals surface area contributed by atoms with E-state index in [1.54, 1.807) is 0 Å². The highest BCUT2D eigenvalue weighted by Crippen LogP contribution is 3.04. The molecule has 7 rings (SSSR count). The number of rotatable bonds is 1. The number of alkyl halides is 1. The lowest BCUT2D eigenvalue weighted by atomic mass is 9.13. The molecular formula is C13H13BrO4. The molecule has 7 fully saturated rings. The van der Waals surface area contributed by atoms with Gasteiger partial charge in [0, 0.05) is 5.92 Å². The molecular weight excluding hydrogens is 300 g/mol. The summed E-state index contributed by atoms with van der Waals surface area (Å²) in [5.41, 5.74) is -0.134. The van der Waals surface area contributed by atoms with Crippen molar-refractivity contribution in [1.82, 2.24) is 0 Å². The molecule has 0 aromatic carbocycles. The minimum atomic E-state index is -0.414. The largest absolute Gasteiger partial charge is 0.469 e. The molecule has 1 spiro atoms. The molecule has 1 heterocycles. The van der Waals surface area contributed by atoms with Gasteiger partial charge in [0.15, 0.2) is 5.79 Å². The van der Waals surface area contributed by atoms with Gasteiger partial charge in [-0.1, -0.05) is 15.9 Å². The highest BCUT2D eigenvalue weighted by molar-refractivity contribution is 9.10. The van der Waals surface area contributed by atoms with E-state index in [2.05, 4.69) is 15.9 Å². The Hall–Kier alpha value is -0.130. The second-order valence-electron chi connectivity index (χ2n) is 6.71. The zero-order valence-electron chi connectivity index (χ0n) is 9.89. The Morgan fingerprint density at radius 1 is 1.11 bits per heavy atom. The lowest BCUT2D eigenvalue weighted by molar-refractivity contribution is -0.421. The van der Waals surface area contributed by atoms with Gasteiger partial charge in [0.25, 0.3) is 0 Å². The number of halogens is 1. The summed E-state index contributed by atoms with van der Waals surface area (Å²) in [6.07, 6.45) is 0. The lowest BCUT2D eigenvalue weighted by Crippen LogP contribution is -2.94. The van der Waals surface area contributed by atoms with Crippen molar-refractivity contribution in [3.8, 4) is 0 Å². The van der Waals surface area contributed by atoms with Crippen LogP contribution in [0.4, 0.5) is 0 Å². The van der Waals surface area contributed by atoms with E-state index in [1.807, 2.05) is 0 Å². The zero-order chi connectivity index (χ0) is 12.1. The van der Waals surface area contributed by atoms with Crippen LogP contribution < -0.4 is 0 Å². The number of ether oxygens (including phenoxy) is 3. The van der Waals surface area contributed by atoms with E-state index in [4.69, 9.17) is 14.2 Å². The van der Waals surface area contributed by atoms with Crippen molar-refractivity contribution in [1.29, 1.82) is 0 Å². The maximum atomic E-state index is 12.1. The van der Waals surface area contributed by atoms with E-state index in [-0.39, 0.29) is 15.7 Å². The number of methoxy groups -OCH3 is 1. The van der Waals surface area contributed by atoms with Gasteiger partial charge in [-0.2, -0.15) is 0 Å². The van der Waals surface area contributed by atoms with Gasteiger partial charge in [0.05, 0.1) is 30.1 Å². The van der Waals surface area contributed by atoms with Gasteiger partial charge < -0.3 is 14.2 Å². The maximum absolute atomic E-state index is 12.1. The van der Waals surface area contributed by atoms with Crippen molar-refractivity contribution in [3.63, 3.8) is 0 Å². The van der Waals surface area contributed by atoms with Crippen LogP contribution in [0.2, 0.25) is 0 Å². The molecule has 7 aliphatic rings. The molecule has 4 nitrogen and oxygen atoms in total. The van der Waals surface area contributed by atoms with Crippen molar-refractivity contribution in [3.05, 3.63) is 0 Å². The van der Waals surface area contributed by atoms with Gasteiger partial charge >= 0.3 is 5.97 Å². The third-order valence-electron chi connectivity index (χ3n) is 7.17. The Bertz CT molecular complexity index is 505. The minimum Gasteiger partial charge on any atom is -0.469 e. The average molecular weight is 313 g/mol. The van der Waals surface area contributed by atoms with Crippen molar-refractivity contribution in [2.75, 3.05) is 20.3 Å². The molecule has 6 saturated carbocycles. The van der Waals surface area contributed by atoms with Crippen molar-refractivity contribution < 1.29 is 19.0 Å². The Balaban J connectivity index is 1.53. The molecule has 0 aromatic rings. The Morgan fingerprint density at radius 3 is 2.22 bits per heavy atom. The third kappa shape index (κ3) is 0.476. The molecule has 4 atom stereocenters. The molecule has 2 bridgehead atoms. The summed E-state index contributed by atoms with van der Waals surface area (Å²) in [4.78, 5) is 12.1. The summed E-state index contributed by atoms with van der Waals surface area (Å²) in [7, 11) is 1.52. The van der Waals surface area contributed by atoms with Crippen LogP contribution in [0.5, 0.6) is 0 Å². The van der Waals surface area contributed by atoms with Crippen LogP contribution >= 0.6 is 15.9 Å². The third-order valence-corrected chi connectivity index (χ3v) is 8.78. The Labute approximate surface area is 112 Å². The van der Waals surface area contributed by atoms with Crippen LogP contribution in [0.1, 0.15) is 0 Å². The van der Waals surface area contributed by atoms with Crippen LogP contribution in [-0.2, 0) is 19.0 Å². The summed E-state index contributed by atoms with van der Waals surface area (Å²) < 4.78 is 17.2. The van der Waals surface area contributed by atoms with E-state index in [1.165, 1.54) is 7.11 Å². The molecule has 18 heavy (non-hydrogen) atoms. The normalized spacial score (nSPS) is 69.9. The SMILES string of the molecule is COC(=O)C12C3[C@H]4[C@H]1C1[C@@H]2[C@H]3C4(Br)C12OCCO2. The van der Waals surface area contributed by atoms with Crippen LogP contribution in [0.3, 0.4) is 0 Å². The van der Waals surface area contributed by atoms with E-state index in [0.29, 0.717) is 48.7 Å². The maximum Gasteiger partial charge on any atom is 0.312 e. The minimum absolute atomic E-state index is 0.0109. The molecule has 0 unspecified atom stereocenters. The van der Waals surface area contributed by atoms with E-state index < -0.39 is 5.79 Å². The van der Waals surface area contributed by atoms with Crippen LogP contribution in [0, 0.1) is 40.9 Å². The van der Waals surface area contributed by atoms with Gasteiger partial charge in [0.1, 0.15) is 0 Å². The van der Waals surface area contributed by atoms with E-state index >= 15 is 0 Å². The summed E-state index contributed by atoms with van der Waals surface area (Å²) >= 11 is 3.97. The number of esters is 1. The first-order valence-electron chi connectivity index (χ1n) is 6.72. The predicted octanol–water partition coefficient (Wildman–Crippen LogP) is 0.788. The van der Waals surface area contributed by atoms with E-state index in [0.717, 1.165) is 0 Å². The van der Waals surface area contributed by atoms with Crippen LogP contribution in [-0.4, -0.2) is 36.4 Å². The molecule has 0 aromatic heterocycles. The summed E-state index contributed by atoms with van der Waals surface area (Å²) in [6, 6.07) is 0. The second kappa shape index (κ2) is 2.21. The fourth-order valence-corrected chi connectivity index (χ4v) is 8.84. The Morgan fingerprint density at radius 2 is 1.67 bits per heavy atom. The van der Waals surface area contributed by atoms with Crippen LogP contribution in [0.25, 0.3) is 0 Å². The monoisotopic (exact) mass is 312 g/mol. The Kier molecular flexibility index (Phi) is 1.19. The van der Waals surface area contributed by atoms with Gasteiger partial charge in [-0.15, -0.1) is 0 Å². The predicted molar refractivity (Wildman–Crippen MR) is 61.7 cm³/mol. The molecule has 0 amide bonds. The number of hydrogen-bond donors (Lipinski definition) is 0. The number of hydrogen-bond acceptors (Lipinski definition) is 4. The molecule has 1 saturated heterocycles. The van der Waals surface area contributed by atoms with Crippen LogP contribution in [0.15, 0.2) is 0 Å². The van der Waals surface area contributed by atoms with Gasteiger partial charge in [0.2, 0.25) is 0 Å². The van der Waals surface area contributed by atoms with E-state index in [9.17, 15) is 4.79 Å². The topological polar surface area (TPSA) is 44.8 Å². The second-order valence-corrected chi connectivity index (χ2v) is 8.02. The van der Waals surface area contributed by atoms with Crippen molar-refractivity contribution >= 4 is 21.9 Å². The first-order chi connectivity index (χ1) is 8.67. The zero-order valence-corrected chi connectivity index (χ0v) is 11.5. The summed E-state index contributed by atoms with van der Waals surface area (Å²) in [6.45, 7) is 1.39. The highest BCUT2D eigenvalue weighted by Gasteiger charge is 3.10. The summed E-state index contributed by atoms with van der Waals surface area (Å²) in [5.74, 6) is 2.63. The molecule has 96 valence electrons. The van der Waals surface area contributed by atoms with Gasteiger partial charge in [-0.05, 0) is 29.6 Å². The fraction of sp³-hybridized carbons (Fsp3) is 0.923. The quantitative estimate of drug-likeness (QED) is 0.530. The first-order valence-corrected chi connectivity index (χ1v) is 7.52. The highest BCUT2D eigenvalue weighted by atomic mass is 79.9. The molecule has 5 heteroatoms. The van der Waals surface area contributed by atoms with Crippen molar-refractivity contribution in [2.45, 2.75) is 10.1 Å². The fourth-order valence-electron chi connectivity index (χ4n) is 7.20. The van der Waals surface area contributed by atoms with Crippen molar-refractivity contribution in [2.24, 2.45) is 40.9 Å². The molecule has 0 radical (unpaired) electrons. The van der Waals surface area contributed by atoms with Gasteiger partial charge in [-0.25, -0.2) is 0 Å². The molecule has 0 N–H and O–H groups in total. The smallest absolute Gasteiger partial charge is 0.312 e. The number of carbonyl (C=O) groups is 1. The lowest BCUT2D eigenvalue weighted by Gasteiger charge is -2.89. The molecule has 1 aliphatic heterocycles. The molecule has 6 aliphatic carbocycles. The first kappa shape index (κ1) is 9.72. The standard InChI is InChI=1S/C13H13BrO4/c1-16-10(15)11-4-7-5(11)9-6(11)8(4)12(7,14)13(9)17-2-3-18-13/h4-9H,2-3H2,1H3/t4?,5-,6-,7-,8-,9?,11?,12?/m0/s1. The average Bonchev–Trinajstić information content (AvgIpc) is 2.89. The number of carbonyl (C=O) groups excluding carboxylic acids is 1.